The monoisotopic (exact) mass is 219 g/mol. The molecule has 0 aliphatic heterocycles. The number of rotatable bonds is 2. The molecule has 0 aromatic heterocycles. The molecular formula is C12H13NO3. The highest BCUT2D eigenvalue weighted by atomic mass is 16.5. The fraction of sp³-hybridized carbons (Fsp3) is 0.250. The molecule has 0 saturated carbocycles. The van der Waals surface area contributed by atoms with Crippen LogP contribution in [-0.4, -0.2) is 18.2 Å². The molecule has 84 valence electrons. The number of nitrogens with two attached hydrogens (primary N) is 1. The zero-order chi connectivity index (χ0) is 12.0. The van der Waals surface area contributed by atoms with E-state index >= 15 is 0 Å². The molecule has 1 aromatic carbocycles. The number of carbonyl (C=O) groups is 1. The largest absolute Gasteiger partial charge is 0.468 e. The molecule has 0 aliphatic carbocycles. The summed E-state index contributed by atoms with van der Waals surface area (Å²) in [5, 5.41) is 8.99. The second-order valence-electron chi connectivity index (χ2n) is 3.13. The highest BCUT2D eigenvalue weighted by Gasteiger charge is 1.98. The first-order valence-electron chi connectivity index (χ1n) is 4.72. The van der Waals surface area contributed by atoms with Gasteiger partial charge in [0.05, 0.1) is 13.7 Å². The second-order valence-corrected chi connectivity index (χ2v) is 3.13. The van der Waals surface area contributed by atoms with Crippen molar-refractivity contribution >= 4 is 11.7 Å². The lowest BCUT2D eigenvalue weighted by Crippen LogP contribution is -1.97. The molecule has 0 fully saturated rings. The Morgan fingerprint density at radius 3 is 2.94 bits per heavy atom. The van der Waals surface area contributed by atoms with Gasteiger partial charge in [0, 0.05) is 16.8 Å². The van der Waals surface area contributed by atoms with Gasteiger partial charge in [-0.2, -0.15) is 0 Å². The highest BCUT2D eigenvalue weighted by molar-refractivity contribution is 5.72. The number of nitrogen functional groups attached to an aromatic ring is 1. The Hall–Kier alpha value is -1.99. The van der Waals surface area contributed by atoms with Gasteiger partial charge in [0.1, 0.15) is 6.42 Å². The Balaban J connectivity index is 2.78. The maximum absolute atomic E-state index is 10.8. The number of methoxy groups -OCH3 is 1. The molecule has 0 spiro atoms. The van der Waals surface area contributed by atoms with Gasteiger partial charge in [-0.1, -0.05) is 11.8 Å². The number of ether oxygens (including phenoxy) is 1. The van der Waals surface area contributed by atoms with E-state index in [1.165, 1.54) is 7.11 Å². The number of carbonyl (C=O) groups excluding carboxylic acids is 1. The summed E-state index contributed by atoms with van der Waals surface area (Å²) < 4.78 is 4.45. The van der Waals surface area contributed by atoms with E-state index in [-0.39, 0.29) is 19.0 Å². The summed E-state index contributed by atoms with van der Waals surface area (Å²) in [6.45, 7) is -0.127. The van der Waals surface area contributed by atoms with Crippen LogP contribution in [0.4, 0.5) is 5.69 Å². The lowest BCUT2D eigenvalue weighted by Gasteiger charge is -2.01. The minimum Gasteiger partial charge on any atom is -0.468 e. The van der Waals surface area contributed by atoms with Gasteiger partial charge in [0.2, 0.25) is 0 Å². The van der Waals surface area contributed by atoms with E-state index in [0.29, 0.717) is 16.8 Å². The molecule has 4 heteroatoms. The number of esters is 1. The van der Waals surface area contributed by atoms with E-state index < -0.39 is 0 Å². The molecule has 4 nitrogen and oxygen atoms in total. The molecule has 16 heavy (non-hydrogen) atoms. The molecular weight excluding hydrogens is 206 g/mol. The van der Waals surface area contributed by atoms with Crippen molar-refractivity contribution < 1.29 is 14.6 Å². The van der Waals surface area contributed by atoms with Crippen LogP contribution in [0.3, 0.4) is 0 Å². The van der Waals surface area contributed by atoms with Crippen LogP contribution in [0.5, 0.6) is 0 Å². The first kappa shape index (κ1) is 12.1. The maximum atomic E-state index is 10.8. The Kier molecular flexibility index (Phi) is 4.37. The Labute approximate surface area is 94.0 Å². The van der Waals surface area contributed by atoms with Gasteiger partial charge in [-0.15, -0.1) is 0 Å². The molecule has 0 radical (unpaired) electrons. The summed E-state index contributed by atoms with van der Waals surface area (Å²) in [7, 11) is 1.32. The molecule has 0 aliphatic rings. The van der Waals surface area contributed by atoms with Gasteiger partial charge in [0.25, 0.3) is 0 Å². The molecule has 0 bridgehead atoms. The number of aliphatic hydroxyl groups is 1. The number of hydrogen-bond donors (Lipinski definition) is 2. The van der Waals surface area contributed by atoms with E-state index in [9.17, 15) is 4.79 Å². The van der Waals surface area contributed by atoms with Crippen molar-refractivity contribution in [3.63, 3.8) is 0 Å². The molecule has 1 rings (SSSR count). The number of anilines is 1. The van der Waals surface area contributed by atoms with E-state index in [1.54, 1.807) is 18.2 Å². The predicted octanol–water partition coefficient (Wildman–Crippen LogP) is 0.676. The summed E-state index contributed by atoms with van der Waals surface area (Å²) in [5.74, 6) is 5.10. The third-order valence-electron chi connectivity index (χ3n) is 2.01. The fourth-order valence-corrected chi connectivity index (χ4v) is 1.11. The van der Waals surface area contributed by atoms with Crippen molar-refractivity contribution in [2.24, 2.45) is 0 Å². The smallest absolute Gasteiger partial charge is 0.317 e. The number of aliphatic hydroxyl groups excluding tert-OH is 1. The molecule has 0 heterocycles. The Bertz CT molecular complexity index is 443. The predicted molar refractivity (Wildman–Crippen MR) is 60.3 cm³/mol. The van der Waals surface area contributed by atoms with E-state index in [0.717, 1.165) is 0 Å². The van der Waals surface area contributed by atoms with Crippen molar-refractivity contribution in [1.29, 1.82) is 0 Å². The van der Waals surface area contributed by atoms with Crippen molar-refractivity contribution in [3.8, 4) is 11.8 Å². The van der Waals surface area contributed by atoms with Crippen LogP contribution in [0.25, 0.3) is 0 Å². The van der Waals surface area contributed by atoms with E-state index in [4.69, 9.17) is 10.8 Å². The maximum Gasteiger partial charge on any atom is 0.317 e. The van der Waals surface area contributed by atoms with Crippen LogP contribution >= 0.6 is 0 Å². The highest BCUT2D eigenvalue weighted by Crippen LogP contribution is 2.13. The SMILES string of the molecule is COC(=O)CC#Cc1ccc(N)c(CO)c1. The van der Waals surface area contributed by atoms with Crippen molar-refractivity contribution in [1.82, 2.24) is 0 Å². The van der Waals surface area contributed by atoms with E-state index in [1.807, 2.05) is 0 Å². The van der Waals surface area contributed by atoms with Crippen molar-refractivity contribution in [3.05, 3.63) is 29.3 Å². The minimum atomic E-state index is -0.370. The first-order chi connectivity index (χ1) is 7.67. The first-order valence-corrected chi connectivity index (χ1v) is 4.72. The summed E-state index contributed by atoms with van der Waals surface area (Å²) in [6, 6.07) is 5.10. The number of hydrogen-bond acceptors (Lipinski definition) is 4. The van der Waals surface area contributed by atoms with Gasteiger partial charge in [-0.3, -0.25) is 4.79 Å². The fourth-order valence-electron chi connectivity index (χ4n) is 1.11. The van der Waals surface area contributed by atoms with E-state index in [2.05, 4.69) is 16.6 Å². The molecule has 0 atom stereocenters. The quantitative estimate of drug-likeness (QED) is 0.436. The molecule has 1 aromatic rings. The zero-order valence-electron chi connectivity index (χ0n) is 8.99. The minimum absolute atomic E-state index is 0.0509. The van der Waals surface area contributed by atoms with Crippen molar-refractivity contribution in [2.45, 2.75) is 13.0 Å². The third-order valence-corrected chi connectivity index (χ3v) is 2.01. The lowest BCUT2D eigenvalue weighted by molar-refractivity contribution is -0.139. The summed E-state index contributed by atoms with van der Waals surface area (Å²) in [6.07, 6.45) is 0.0509. The van der Waals surface area contributed by atoms with Crippen LogP contribution in [0.15, 0.2) is 18.2 Å². The van der Waals surface area contributed by atoms with Gasteiger partial charge in [-0.05, 0) is 18.2 Å². The summed E-state index contributed by atoms with van der Waals surface area (Å²) in [4.78, 5) is 10.8. The van der Waals surface area contributed by atoms with Crippen LogP contribution in [0.2, 0.25) is 0 Å². The standard InChI is InChI=1S/C12H13NO3/c1-16-12(15)4-2-3-9-5-6-11(13)10(7-9)8-14/h5-7,14H,4,8,13H2,1H3. The molecule has 0 amide bonds. The van der Waals surface area contributed by atoms with Crippen LogP contribution < -0.4 is 5.73 Å². The molecule has 0 saturated heterocycles. The average molecular weight is 219 g/mol. The third kappa shape index (κ3) is 3.30. The number of benzene rings is 1. The second kappa shape index (κ2) is 5.79. The van der Waals surface area contributed by atoms with Gasteiger partial charge in [0.15, 0.2) is 0 Å². The normalized spacial score (nSPS) is 9.12. The molecule has 3 N–H and O–H groups in total. The van der Waals surface area contributed by atoms with Crippen LogP contribution in [0, 0.1) is 11.8 Å². The summed E-state index contributed by atoms with van der Waals surface area (Å²) in [5.41, 5.74) is 7.48. The summed E-state index contributed by atoms with van der Waals surface area (Å²) >= 11 is 0. The van der Waals surface area contributed by atoms with Gasteiger partial charge >= 0.3 is 5.97 Å². The Morgan fingerprint density at radius 2 is 2.31 bits per heavy atom. The van der Waals surface area contributed by atoms with Gasteiger partial charge in [-0.25, -0.2) is 0 Å². The zero-order valence-corrected chi connectivity index (χ0v) is 8.99. The van der Waals surface area contributed by atoms with Crippen LogP contribution in [-0.2, 0) is 16.1 Å². The Morgan fingerprint density at radius 1 is 1.56 bits per heavy atom. The van der Waals surface area contributed by atoms with Gasteiger partial charge < -0.3 is 15.6 Å². The van der Waals surface area contributed by atoms with Crippen LogP contribution in [0.1, 0.15) is 17.5 Å². The van der Waals surface area contributed by atoms with Crippen molar-refractivity contribution in [2.75, 3.05) is 12.8 Å². The lowest BCUT2D eigenvalue weighted by atomic mass is 10.1. The topological polar surface area (TPSA) is 72.5 Å². The molecule has 0 unspecified atom stereocenters. The average Bonchev–Trinajstić information content (AvgIpc) is 2.31.